The zero-order chi connectivity index (χ0) is 20.5. The molecule has 0 spiro atoms. The molecule has 29 heavy (non-hydrogen) atoms. The molecule has 1 atom stereocenters. The van der Waals surface area contributed by atoms with Crippen LogP contribution in [0, 0.1) is 11.3 Å². The summed E-state index contributed by atoms with van der Waals surface area (Å²) in [5.41, 5.74) is 6.37. The third-order valence-electron chi connectivity index (χ3n) is 4.41. The molecule has 146 valence electrons. The van der Waals surface area contributed by atoms with Crippen LogP contribution in [0.25, 0.3) is 17.5 Å². The molecule has 4 heterocycles. The number of ether oxygens (including phenoxy) is 1. The first kappa shape index (κ1) is 19.4. The molecule has 6 nitrogen and oxygen atoms in total. The Balaban J connectivity index is 2.11. The monoisotopic (exact) mass is 441 g/mol. The lowest BCUT2D eigenvalue weighted by Crippen LogP contribution is -2.40. The number of nitrogens with two attached hydrogens (primary N) is 1. The second kappa shape index (κ2) is 7.83. The predicted octanol–water partition coefficient (Wildman–Crippen LogP) is 2.02. The fourth-order valence-corrected chi connectivity index (χ4v) is 5.93. The van der Waals surface area contributed by atoms with Gasteiger partial charge in [-0.3, -0.25) is 9.36 Å². The smallest absolute Gasteiger partial charge is 0.338 e. The molecule has 0 saturated heterocycles. The number of carbonyl (C=O) groups excluding carboxylic acids is 1. The maximum Gasteiger partial charge on any atom is 0.338 e. The van der Waals surface area contributed by atoms with Crippen LogP contribution < -0.4 is 20.5 Å². The molecule has 9 heteroatoms. The summed E-state index contributed by atoms with van der Waals surface area (Å²) in [6.07, 6.45) is 1.77. The van der Waals surface area contributed by atoms with Gasteiger partial charge in [0.25, 0.3) is 5.56 Å². The predicted molar refractivity (Wildman–Crippen MR) is 116 cm³/mol. The minimum Gasteiger partial charge on any atom is -0.463 e. The summed E-state index contributed by atoms with van der Waals surface area (Å²) in [5.74, 6) is -1.16. The van der Waals surface area contributed by atoms with Crippen molar-refractivity contribution >= 4 is 57.4 Å². The van der Waals surface area contributed by atoms with Crippen LogP contribution in [0.15, 0.2) is 45.4 Å². The first-order chi connectivity index (χ1) is 14.1. The first-order valence-corrected chi connectivity index (χ1v) is 11.3. The lowest BCUT2D eigenvalue weighted by Gasteiger charge is -2.23. The number of thiazole rings is 1. The van der Waals surface area contributed by atoms with Gasteiger partial charge in [-0.15, -0.1) is 34.0 Å². The standard InChI is InChI=1S/C20H15N3O3S3/c1-2-26-20(25)16-15(13-6-4-8-28-13)12(10-21)17(22)23-18(24)14(29-19(16)23)9-11-5-3-7-27-11/h3-9,15H,2,22H2,1H3/b14-9+/t15-/m1/s1. The van der Waals surface area contributed by atoms with Gasteiger partial charge in [-0.05, 0) is 35.9 Å². The summed E-state index contributed by atoms with van der Waals surface area (Å²) in [6.45, 7) is 1.90. The summed E-state index contributed by atoms with van der Waals surface area (Å²) in [6, 6.07) is 9.60. The number of aromatic nitrogens is 1. The molecule has 0 bridgehead atoms. The highest BCUT2D eigenvalue weighted by molar-refractivity contribution is 7.11. The van der Waals surface area contributed by atoms with Gasteiger partial charge in [-0.1, -0.05) is 12.1 Å². The van der Waals surface area contributed by atoms with E-state index in [9.17, 15) is 14.9 Å². The van der Waals surface area contributed by atoms with Gasteiger partial charge in [0.15, 0.2) is 0 Å². The molecule has 0 amide bonds. The summed E-state index contributed by atoms with van der Waals surface area (Å²) < 4.78 is 7.40. The van der Waals surface area contributed by atoms with Crippen molar-refractivity contribution < 1.29 is 9.53 Å². The quantitative estimate of drug-likeness (QED) is 0.625. The van der Waals surface area contributed by atoms with Gasteiger partial charge in [0.2, 0.25) is 0 Å². The molecule has 0 unspecified atom stereocenters. The van der Waals surface area contributed by atoms with E-state index in [4.69, 9.17) is 10.5 Å². The number of hydrogen-bond donors (Lipinski definition) is 1. The highest BCUT2D eigenvalue weighted by Crippen LogP contribution is 2.38. The van der Waals surface area contributed by atoms with E-state index >= 15 is 0 Å². The van der Waals surface area contributed by atoms with Crippen molar-refractivity contribution in [3.8, 4) is 6.07 Å². The fraction of sp³-hybridized carbons (Fsp3) is 0.150. The van der Waals surface area contributed by atoms with Crippen LogP contribution in [-0.4, -0.2) is 17.1 Å². The van der Waals surface area contributed by atoms with Crippen LogP contribution in [0.3, 0.4) is 0 Å². The molecule has 4 rings (SSSR count). The Bertz CT molecular complexity index is 1320. The minimum atomic E-state index is -0.660. The molecular formula is C20H15N3O3S3. The van der Waals surface area contributed by atoms with E-state index in [2.05, 4.69) is 6.07 Å². The number of hydrogen-bond acceptors (Lipinski definition) is 8. The van der Waals surface area contributed by atoms with Crippen molar-refractivity contribution in [2.24, 2.45) is 5.73 Å². The molecule has 0 fully saturated rings. The first-order valence-electron chi connectivity index (χ1n) is 8.68. The number of allylic oxidation sites excluding steroid dienone is 1. The number of nitrogens with zero attached hydrogens (tertiary/aromatic N) is 2. The van der Waals surface area contributed by atoms with E-state index in [0.29, 0.717) is 9.20 Å². The Morgan fingerprint density at radius 2 is 2.10 bits per heavy atom. The molecular weight excluding hydrogens is 426 g/mol. The number of rotatable bonds is 4. The summed E-state index contributed by atoms with van der Waals surface area (Å²) >= 11 is 4.11. The maximum atomic E-state index is 13.1. The summed E-state index contributed by atoms with van der Waals surface area (Å²) in [7, 11) is 0. The molecule has 0 radical (unpaired) electrons. The SMILES string of the molecule is CCOC(=O)C1=c2s/c(=C/c3cccs3)c(=O)n2C(N)=C(C#N)[C@@H]1c1cccs1. The molecule has 0 aromatic carbocycles. The highest BCUT2D eigenvalue weighted by atomic mass is 32.1. The van der Waals surface area contributed by atoms with Gasteiger partial charge in [-0.25, -0.2) is 4.79 Å². The lowest BCUT2D eigenvalue weighted by atomic mass is 9.88. The van der Waals surface area contributed by atoms with E-state index in [0.717, 1.165) is 9.75 Å². The molecule has 0 saturated carbocycles. The van der Waals surface area contributed by atoms with E-state index in [1.54, 1.807) is 13.0 Å². The summed E-state index contributed by atoms with van der Waals surface area (Å²) in [4.78, 5) is 27.7. The molecule has 3 aromatic rings. The maximum absolute atomic E-state index is 13.1. The number of carbonyl (C=O) groups is 1. The van der Waals surface area contributed by atoms with E-state index < -0.39 is 11.9 Å². The average Bonchev–Trinajstić information content (AvgIpc) is 3.45. The van der Waals surface area contributed by atoms with Crippen LogP contribution in [0.1, 0.15) is 22.6 Å². The Labute approximate surface area is 177 Å². The van der Waals surface area contributed by atoms with Gasteiger partial charge in [0.05, 0.1) is 34.3 Å². The fourth-order valence-electron chi connectivity index (χ4n) is 3.20. The third kappa shape index (κ3) is 3.25. The lowest BCUT2D eigenvalue weighted by molar-refractivity contribution is -0.136. The Hall–Kier alpha value is -2.93. The van der Waals surface area contributed by atoms with Crippen LogP contribution in [0.5, 0.6) is 0 Å². The topological polar surface area (TPSA) is 98.1 Å². The normalized spacial score (nSPS) is 16.6. The molecule has 1 aliphatic rings. The number of fused-ring (bicyclic) bond motifs is 1. The van der Waals surface area contributed by atoms with Gasteiger partial charge >= 0.3 is 5.97 Å². The van der Waals surface area contributed by atoms with Crippen molar-refractivity contribution in [2.45, 2.75) is 12.8 Å². The van der Waals surface area contributed by atoms with E-state index in [1.807, 2.05) is 35.0 Å². The summed E-state index contributed by atoms with van der Waals surface area (Å²) in [5, 5.41) is 13.6. The zero-order valence-electron chi connectivity index (χ0n) is 15.2. The van der Waals surface area contributed by atoms with Crippen LogP contribution >= 0.6 is 34.0 Å². The van der Waals surface area contributed by atoms with Crippen molar-refractivity contribution in [3.63, 3.8) is 0 Å². The van der Waals surface area contributed by atoms with Crippen molar-refractivity contribution in [3.05, 3.63) is 69.9 Å². The van der Waals surface area contributed by atoms with Crippen molar-refractivity contribution in [1.82, 2.24) is 4.57 Å². The van der Waals surface area contributed by atoms with Gasteiger partial charge in [0, 0.05) is 9.75 Å². The van der Waals surface area contributed by atoms with Crippen LogP contribution in [0.4, 0.5) is 0 Å². The molecule has 2 N–H and O–H groups in total. The largest absolute Gasteiger partial charge is 0.463 e. The van der Waals surface area contributed by atoms with Gasteiger partial charge in [-0.2, -0.15) is 5.26 Å². The molecule has 3 aromatic heterocycles. The Morgan fingerprint density at radius 3 is 2.72 bits per heavy atom. The van der Waals surface area contributed by atoms with E-state index in [-0.39, 0.29) is 29.1 Å². The van der Waals surface area contributed by atoms with Crippen LogP contribution in [0.2, 0.25) is 0 Å². The Morgan fingerprint density at radius 1 is 1.34 bits per heavy atom. The number of esters is 1. The van der Waals surface area contributed by atoms with Crippen molar-refractivity contribution in [1.29, 1.82) is 5.26 Å². The van der Waals surface area contributed by atoms with Crippen molar-refractivity contribution in [2.75, 3.05) is 6.61 Å². The zero-order valence-corrected chi connectivity index (χ0v) is 17.7. The highest BCUT2D eigenvalue weighted by Gasteiger charge is 2.36. The van der Waals surface area contributed by atoms with E-state index in [1.165, 1.54) is 38.6 Å². The van der Waals surface area contributed by atoms with Crippen LogP contribution in [-0.2, 0) is 9.53 Å². The molecule has 1 aliphatic heterocycles. The average molecular weight is 442 g/mol. The third-order valence-corrected chi connectivity index (χ3v) is 7.27. The molecule has 0 aliphatic carbocycles. The minimum absolute atomic E-state index is 0.0565. The number of thiophene rings is 2. The van der Waals surface area contributed by atoms with Gasteiger partial charge < -0.3 is 10.5 Å². The second-order valence-electron chi connectivity index (χ2n) is 6.07. The Kier molecular flexibility index (Phi) is 5.24. The number of nitriles is 1. The second-order valence-corrected chi connectivity index (χ2v) is 9.05. The van der Waals surface area contributed by atoms with Gasteiger partial charge in [0.1, 0.15) is 10.5 Å².